The van der Waals surface area contributed by atoms with Gasteiger partial charge in [-0.1, -0.05) is 22.9 Å². The van der Waals surface area contributed by atoms with E-state index in [1.807, 2.05) is 20.8 Å². The molecular formula is C11H16BrNO. The van der Waals surface area contributed by atoms with Gasteiger partial charge in [0, 0.05) is 16.1 Å². The first-order valence-electron chi connectivity index (χ1n) is 4.73. The largest absolute Gasteiger partial charge is 0.508 e. The second-order valence-corrected chi connectivity index (χ2v) is 4.37. The van der Waals surface area contributed by atoms with Gasteiger partial charge in [-0.3, -0.25) is 0 Å². The average molecular weight is 258 g/mol. The zero-order chi connectivity index (χ0) is 10.9. The number of nitrogens with two attached hydrogens (primary N) is 1. The van der Waals surface area contributed by atoms with E-state index >= 15 is 0 Å². The van der Waals surface area contributed by atoms with Crippen LogP contribution in [0.5, 0.6) is 5.75 Å². The fourth-order valence-corrected chi connectivity index (χ4v) is 1.95. The maximum atomic E-state index is 9.80. The number of phenols is 1. The fourth-order valence-electron chi connectivity index (χ4n) is 1.62. The first-order valence-corrected chi connectivity index (χ1v) is 5.52. The van der Waals surface area contributed by atoms with E-state index in [4.69, 9.17) is 5.73 Å². The van der Waals surface area contributed by atoms with Crippen molar-refractivity contribution in [1.29, 1.82) is 0 Å². The van der Waals surface area contributed by atoms with Crippen LogP contribution >= 0.6 is 15.9 Å². The summed E-state index contributed by atoms with van der Waals surface area (Å²) >= 11 is 3.49. The van der Waals surface area contributed by atoms with Crippen LogP contribution in [0.3, 0.4) is 0 Å². The number of aryl methyl sites for hydroxylation is 1. The van der Waals surface area contributed by atoms with Crippen molar-refractivity contribution in [2.45, 2.75) is 33.2 Å². The van der Waals surface area contributed by atoms with Gasteiger partial charge in [0.2, 0.25) is 0 Å². The molecule has 1 aromatic rings. The summed E-state index contributed by atoms with van der Waals surface area (Å²) in [4.78, 5) is 0. The molecule has 0 aliphatic carbocycles. The van der Waals surface area contributed by atoms with Crippen LogP contribution < -0.4 is 5.73 Å². The second kappa shape index (κ2) is 4.32. The molecule has 14 heavy (non-hydrogen) atoms. The normalized spacial score (nSPS) is 12.9. The second-order valence-electron chi connectivity index (χ2n) is 3.58. The van der Waals surface area contributed by atoms with Gasteiger partial charge in [0.15, 0.2) is 0 Å². The summed E-state index contributed by atoms with van der Waals surface area (Å²) in [5, 5.41) is 9.80. The molecule has 0 amide bonds. The van der Waals surface area contributed by atoms with E-state index < -0.39 is 0 Å². The Morgan fingerprint density at radius 1 is 1.50 bits per heavy atom. The first-order chi connectivity index (χ1) is 6.49. The van der Waals surface area contributed by atoms with E-state index in [9.17, 15) is 5.11 Å². The lowest BCUT2D eigenvalue weighted by Gasteiger charge is -2.17. The predicted octanol–water partition coefficient (Wildman–Crippen LogP) is 3.18. The summed E-state index contributed by atoms with van der Waals surface area (Å²) < 4.78 is 1.04. The van der Waals surface area contributed by atoms with Crippen molar-refractivity contribution in [1.82, 2.24) is 0 Å². The molecule has 0 fully saturated rings. The van der Waals surface area contributed by atoms with Gasteiger partial charge in [-0.25, -0.2) is 0 Å². The minimum atomic E-state index is -0.0908. The van der Waals surface area contributed by atoms with Crippen LogP contribution in [0.1, 0.15) is 36.1 Å². The van der Waals surface area contributed by atoms with Crippen LogP contribution in [0.2, 0.25) is 0 Å². The molecule has 0 aliphatic rings. The smallest absolute Gasteiger partial charge is 0.120 e. The van der Waals surface area contributed by atoms with Crippen molar-refractivity contribution >= 4 is 15.9 Å². The Bertz CT molecular complexity index is 350. The number of aromatic hydroxyl groups is 1. The molecule has 1 atom stereocenters. The van der Waals surface area contributed by atoms with Crippen LogP contribution in [-0.2, 0) is 0 Å². The van der Waals surface area contributed by atoms with Gasteiger partial charge >= 0.3 is 0 Å². The Hall–Kier alpha value is -0.540. The molecule has 2 nitrogen and oxygen atoms in total. The SMILES string of the molecule is CC[C@@H](N)c1c(O)cc(C)c(Br)c1C. The third-order valence-electron chi connectivity index (χ3n) is 2.52. The topological polar surface area (TPSA) is 46.2 Å². The summed E-state index contributed by atoms with van der Waals surface area (Å²) in [6, 6.07) is 1.66. The molecule has 0 saturated carbocycles. The number of rotatable bonds is 2. The average Bonchev–Trinajstić information content (AvgIpc) is 2.14. The van der Waals surface area contributed by atoms with Gasteiger partial charge in [0.1, 0.15) is 5.75 Å². The van der Waals surface area contributed by atoms with Crippen molar-refractivity contribution in [2.24, 2.45) is 5.73 Å². The number of hydrogen-bond donors (Lipinski definition) is 2. The van der Waals surface area contributed by atoms with E-state index in [0.717, 1.165) is 27.6 Å². The Labute approximate surface area is 93.3 Å². The summed E-state index contributed by atoms with van der Waals surface area (Å²) in [6.07, 6.45) is 0.823. The van der Waals surface area contributed by atoms with E-state index in [-0.39, 0.29) is 6.04 Å². The number of hydrogen-bond acceptors (Lipinski definition) is 2. The fraction of sp³-hybridized carbons (Fsp3) is 0.455. The summed E-state index contributed by atoms with van der Waals surface area (Å²) in [5.41, 5.74) is 8.86. The monoisotopic (exact) mass is 257 g/mol. The highest BCUT2D eigenvalue weighted by atomic mass is 79.9. The van der Waals surface area contributed by atoms with E-state index in [1.165, 1.54) is 0 Å². The van der Waals surface area contributed by atoms with Crippen molar-refractivity contribution < 1.29 is 5.11 Å². The van der Waals surface area contributed by atoms with Gasteiger partial charge in [0.25, 0.3) is 0 Å². The van der Waals surface area contributed by atoms with E-state index in [0.29, 0.717) is 5.75 Å². The van der Waals surface area contributed by atoms with Crippen LogP contribution in [0.15, 0.2) is 10.5 Å². The van der Waals surface area contributed by atoms with E-state index in [2.05, 4.69) is 15.9 Å². The molecule has 0 radical (unpaired) electrons. The standard InChI is InChI=1S/C11H16BrNO/c1-4-8(13)10-7(3)11(12)6(2)5-9(10)14/h5,8,14H,4,13H2,1-3H3/t8-/m1/s1. The Morgan fingerprint density at radius 2 is 2.07 bits per heavy atom. The van der Waals surface area contributed by atoms with Gasteiger partial charge in [0.05, 0.1) is 0 Å². The predicted molar refractivity (Wildman–Crippen MR) is 62.5 cm³/mol. The van der Waals surface area contributed by atoms with Crippen molar-refractivity contribution in [3.63, 3.8) is 0 Å². The van der Waals surface area contributed by atoms with Crippen LogP contribution in [0.25, 0.3) is 0 Å². The Balaban J connectivity index is 3.36. The molecule has 0 spiro atoms. The molecule has 0 unspecified atom stereocenters. The molecule has 3 N–H and O–H groups in total. The molecule has 0 aromatic heterocycles. The molecule has 0 bridgehead atoms. The van der Waals surface area contributed by atoms with Crippen LogP contribution in [-0.4, -0.2) is 5.11 Å². The molecule has 1 aromatic carbocycles. The summed E-state index contributed by atoms with van der Waals surface area (Å²) in [7, 11) is 0. The number of phenolic OH excluding ortho intramolecular Hbond substituents is 1. The molecule has 1 rings (SSSR count). The highest BCUT2D eigenvalue weighted by Gasteiger charge is 2.15. The van der Waals surface area contributed by atoms with Crippen LogP contribution in [0.4, 0.5) is 0 Å². The Morgan fingerprint density at radius 3 is 2.57 bits per heavy atom. The Kier molecular flexibility index (Phi) is 3.56. The van der Waals surface area contributed by atoms with Gasteiger partial charge in [-0.2, -0.15) is 0 Å². The summed E-state index contributed by atoms with van der Waals surface area (Å²) in [6.45, 7) is 5.94. The van der Waals surface area contributed by atoms with E-state index in [1.54, 1.807) is 6.07 Å². The first kappa shape index (κ1) is 11.5. The lowest BCUT2D eigenvalue weighted by atomic mass is 9.97. The zero-order valence-electron chi connectivity index (χ0n) is 8.76. The van der Waals surface area contributed by atoms with Crippen molar-refractivity contribution in [3.8, 4) is 5.75 Å². The third kappa shape index (κ3) is 1.93. The molecule has 3 heteroatoms. The number of benzene rings is 1. The minimum Gasteiger partial charge on any atom is -0.508 e. The highest BCUT2D eigenvalue weighted by molar-refractivity contribution is 9.10. The van der Waals surface area contributed by atoms with Crippen molar-refractivity contribution in [3.05, 3.63) is 27.2 Å². The molecule has 0 saturated heterocycles. The van der Waals surface area contributed by atoms with Gasteiger partial charge < -0.3 is 10.8 Å². The van der Waals surface area contributed by atoms with Crippen molar-refractivity contribution in [2.75, 3.05) is 0 Å². The molecule has 0 heterocycles. The highest BCUT2D eigenvalue weighted by Crippen LogP contribution is 2.35. The zero-order valence-corrected chi connectivity index (χ0v) is 10.4. The quantitative estimate of drug-likeness (QED) is 0.855. The molecular weight excluding hydrogens is 242 g/mol. The molecule has 0 aliphatic heterocycles. The lowest BCUT2D eigenvalue weighted by Crippen LogP contribution is -2.11. The van der Waals surface area contributed by atoms with Gasteiger partial charge in [-0.15, -0.1) is 0 Å². The maximum absolute atomic E-state index is 9.80. The summed E-state index contributed by atoms with van der Waals surface area (Å²) in [5.74, 6) is 0.303. The molecule has 78 valence electrons. The number of halogens is 1. The van der Waals surface area contributed by atoms with Crippen LogP contribution in [0, 0.1) is 13.8 Å². The van der Waals surface area contributed by atoms with Gasteiger partial charge in [-0.05, 0) is 37.5 Å². The lowest BCUT2D eigenvalue weighted by molar-refractivity contribution is 0.458. The maximum Gasteiger partial charge on any atom is 0.120 e. The third-order valence-corrected chi connectivity index (χ3v) is 3.74. The minimum absolute atomic E-state index is 0.0908.